The van der Waals surface area contributed by atoms with E-state index >= 15 is 0 Å². The van der Waals surface area contributed by atoms with Crippen molar-refractivity contribution in [2.75, 3.05) is 5.73 Å². The fraction of sp³-hybridized carbons (Fsp3) is 0. The molecular formula is C11H8N4S. The number of nitrogens with two attached hydrogens (primary N) is 1. The van der Waals surface area contributed by atoms with E-state index in [0.717, 1.165) is 21.3 Å². The zero-order chi connectivity index (χ0) is 11.0. The SMILES string of the molecule is Nc1nnc(-c2cncc3ccccc23)s1. The molecule has 0 amide bonds. The van der Waals surface area contributed by atoms with Crippen molar-refractivity contribution in [1.29, 1.82) is 0 Å². The highest BCUT2D eigenvalue weighted by Gasteiger charge is 2.08. The van der Waals surface area contributed by atoms with E-state index in [1.165, 1.54) is 11.3 Å². The van der Waals surface area contributed by atoms with Gasteiger partial charge in [-0.05, 0) is 5.39 Å². The third kappa shape index (κ3) is 1.42. The van der Waals surface area contributed by atoms with Gasteiger partial charge in [0.25, 0.3) is 0 Å². The average molecular weight is 228 g/mol. The monoisotopic (exact) mass is 228 g/mol. The summed E-state index contributed by atoms with van der Waals surface area (Å²) in [5.74, 6) is 0. The fourth-order valence-electron chi connectivity index (χ4n) is 1.63. The zero-order valence-corrected chi connectivity index (χ0v) is 9.11. The third-order valence-electron chi connectivity index (χ3n) is 2.34. The van der Waals surface area contributed by atoms with Crippen molar-refractivity contribution in [2.45, 2.75) is 0 Å². The number of nitrogens with zero attached hydrogens (tertiary/aromatic N) is 3. The van der Waals surface area contributed by atoms with Crippen molar-refractivity contribution in [2.24, 2.45) is 0 Å². The zero-order valence-electron chi connectivity index (χ0n) is 8.29. The Hall–Kier alpha value is -2.01. The van der Waals surface area contributed by atoms with Gasteiger partial charge in [-0.3, -0.25) is 4.98 Å². The molecule has 16 heavy (non-hydrogen) atoms. The third-order valence-corrected chi connectivity index (χ3v) is 3.12. The molecule has 0 saturated heterocycles. The summed E-state index contributed by atoms with van der Waals surface area (Å²) in [6, 6.07) is 8.05. The molecule has 4 nitrogen and oxygen atoms in total. The van der Waals surface area contributed by atoms with Crippen LogP contribution in [0.3, 0.4) is 0 Å². The summed E-state index contributed by atoms with van der Waals surface area (Å²) < 4.78 is 0. The minimum atomic E-state index is 0.475. The van der Waals surface area contributed by atoms with Crippen LogP contribution in [0.25, 0.3) is 21.3 Å². The molecule has 5 heteroatoms. The van der Waals surface area contributed by atoms with Crippen molar-refractivity contribution in [3.8, 4) is 10.6 Å². The second kappa shape index (κ2) is 3.53. The summed E-state index contributed by atoms with van der Waals surface area (Å²) in [5, 5.41) is 11.4. The Labute approximate surface area is 95.8 Å². The maximum Gasteiger partial charge on any atom is 0.203 e. The lowest BCUT2D eigenvalue weighted by atomic mass is 10.1. The number of fused-ring (bicyclic) bond motifs is 1. The molecule has 0 aliphatic carbocycles. The number of pyridine rings is 1. The molecule has 2 heterocycles. The first-order valence-electron chi connectivity index (χ1n) is 4.77. The van der Waals surface area contributed by atoms with E-state index < -0.39 is 0 Å². The normalized spacial score (nSPS) is 10.8. The van der Waals surface area contributed by atoms with Gasteiger partial charge in [0.2, 0.25) is 5.13 Å². The molecule has 0 radical (unpaired) electrons. The van der Waals surface area contributed by atoms with Gasteiger partial charge in [0.15, 0.2) is 5.01 Å². The van der Waals surface area contributed by atoms with Crippen molar-refractivity contribution in [1.82, 2.24) is 15.2 Å². The van der Waals surface area contributed by atoms with Gasteiger partial charge in [-0.25, -0.2) is 0 Å². The first-order valence-corrected chi connectivity index (χ1v) is 5.58. The van der Waals surface area contributed by atoms with E-state index in [2.05, 4.69) is 15.2 Å². The Morgan fingerprint density at radius 2 is 1.94 bits per heavy atom. The van der Waals surface area contributed by atoms with Crippen molar-refractivity contribution < 1.29 is 0 Å². The fourth-order valence-corrected chi connectivity index (χ4v) is 2.26. The van der Waals surface area contributed by atoms with E-state index in [1.807, 2.05) is 30.5 Å². The lowest BCUT2D eigenvalue weighted by Gasteiger charge is -2.01. The second-order valence-electron chi connectivity index (χ2n) is 3.35. The predicted molar refractivity (Wildman–Crippen MR) is 65.1 cm³/mol. The van der Waals surface area contributed by atoms with Crippen LogP contribution in [-0.4, -0.2) is 15.2 Å². The summed E-state index contributed by atoms with van der Waals surface area (Å²) in [6.07, 6.45) is 3.63. The first-order chi connectivity index (χ1) is 7.84. The van der Waals surface area contributed by atoms with Crippen LogP contribution < -0.4 is 5.73 Å². The number of aromatic nitrogens is 3. The molecule has 3 aromatic rings. The molecule has 0 bridgehead atoms. The summed E-state index contributed by atoms with van der Waals surface area (Å²) in [5.41, 5.74) is 6.56. The van der Waals surface area contributed by atoms with Gasteiger partial charge in [-0.2, -0.15) is 0 Å². The largest absolute Gasteiger partial charge is 0.374 e. The number of benzene rings is 1. The van der Waals surface area contributed by atoms with E-state index in [0.29, 0.717) is 5.13 Å². The van der Waals surface area contributed by atoms with Gasteiger partial charge in [-0.15, -0.1) is 10.2 Å². The Morgan fingerprint density at radius 1 is 1.06 bits per heavy atom. The number of rotatable bonds is 1. The first kappa shape index (κ1) is 9.23. The molecule has 0 spiro atoms. The highest BCUT2D eigenvalue weighted by Crippen LogP contribution is 2.30. The Bertz CT molecular complexity index is 642. The smallest absolute Gasteiger partial charge is 0.203 e. The summed E-state index contributed by atoms with van der Waals surface area (Å²) in [6.45, 7) is 0. The molecular weight excluding hydrogens is 220 g/mol. The van der Waals surface area contributed by atoms with E-state index in [4.69, 9.17) is 5.73 Å². The molecule has 78 valence electrons. The summed E-state index contributed by atoms with van der Waals surface area (Å²) >= 11 is 1.37. The number of nitrogen functional groups attached to an aromatic ring is 1. The lowest BCUT2D eigenvalue weighted by Crippen LogP contribution is -1.83. The van der Waals surface area contributed by atoms with Crippen LogP contribution in [0.1, 0.15) is 0 Å². The van der Waals surface area contributed by atoms with E-state index in [1.54, 1.807) is 6.20 Å². The van der Waals surface area contributed by atoms with Crippen molar-refractivity contribution in [3.05, 3.63) is 36.7 Å². The van der Waals surface area contributed by atoms with Gasteiger partial charge < -0.3 is 5.73 Å². The van der Waals surface area contributed by atoms with Crippen LogP contribution in [0.4, 0.5) is 5.13 Å². The molecule has 0 saturated carbocycles. The quantitative estimate of drug-likeness (QED) is 0.694. The van der Waals surface area contributed by atoms with E-state index in [-0.39, 0.29) is 0 Å². The molecule has 2 aromatic heterocycles. The molecule has 0 aliphatic heterocycles. The van der Waals surface area contributed by atoms with Gasteiger partial charge >= 0.3 is 0 Å². The van der Waals surface area contributed by atoms with Gasteiger partial charge in [0.05, 0.1) is 0 Å². The topological polar surface area (TPSA) is 64.7 Å². The minimum Gasteiger partial charge on any atom is -0.374 e. The second-order valence-corrected chi connectivity index (χ2v) is 4.36. The van der Waals surface area contributed by atoms with Crippen LogP contribution in [0, 0.1) is 0 Å². The molecule has 1 aromatic carbocycles. The molecule has 2 N–H and O–H groups in total. The molecule has 0 fully saturated rings. The Kier molecular flexibility index (Phi) is 2.04. The molecule has 0 unspecified atom stereocenters. The molecule has 3 rings (SSSR count). The average Bonchev–Trinajstić information content (AvgIpc) is 2.75. The Morgan fingerprint density at radius 3 is 2.75 bits per heavy atom. The highest BCUT2D eigenvalue weighted by atomic mass is 32.1. The van der Waals surface area contributed by atoms with Crippen LogP contribution in [0.5, 0.6) is 0 Å². The Balaban J connectivity index is 2.31. The van der Waals surface area contributed by atoms with E-state index in [9.17, 15) is 0 Å². The summed E-state index contributed by atoms with van der Waals surface area (Å²) in [7, 11) is 0. The van der Waals surface area contributed by atoms with Gasteiger partial charge in [-0.1, -0.05) is 35.6 Å². The van der Waals surface area contributed by atoms with Crippen LogP contribution >= 0.6 is 11.3 Å². The lowest BCUT2D eigenvalue weighted by molar-refractivity contribution is 1.10. The maximum atomic E-state index is 5.58. The minimum absolute atomic E-state index is 0.475. The number of hydrogen-bond acceptors (Lipinski definition) is 5. The number of hydrogen-bond donors (Lipinski definition) is 1. The van der Waals surface area contributed by atoms with Crippen LogP contribution in [-0.2, 0) is 0 Å². The predicted octanol–water partition coefficient (Wildman–Crippen LogP) is 2.34. The standard InChI is InChI=1S/C11H8N4S/c12-11-15-14-10(16-11)9-6-13-5-7-3-1-2-4-8(7)9/h1-6H,(H2,12,15). The van der Waals surface area contributed by atoms with Crippen molar-refractivity contribution in [3.63, 3.8) is 0 Å². The highest BCUT2D eigenvalue weighted by molar-refractivity contribution is 7.18. The van der Waals surface area contributed by atoms with Crippen LogP contribution in [0.2, 0.25) is 0 Å². The van der Waals surface area contributed by atoms with Crippen LogP contribution in [0.15, 0.2) is 36.7 Å². The van der Waals surface area contributed by atoms with Crippen molar-refractivity contribution >= 4 is 27.2 Å². The van der Waals surface area contributed by atoms with Gasteiger partial charge in [0, 0.05) is 23.3 Å². The molecule has 0 aliphatic rings. The summed E-state index contributed by atoms with van der Waals surface area (Å²) in [4.78, 5) is 4.20. The maximum absolute atomic E-state index is 5.58. The molecule has 0 atom stereocenters. The number of anilines is 1. The van der Waals surface area contributed by atoms with Gasteiger partial charge in [0.1, 0.15) is 0 Å².